The number of hydrogen-bond acceptors (Lipinski definition) is 5. The fourth-order valence-electron chi connectivity index (χ4n) is 5.41. The Morgan fingerprint density at radius 2 is 1.49 bits per heavy atom. The Labute approximate surface area is 299 Å². The molecule has 0 aliphatic heterocycles. The van der Waals surface area contributed by atoms with E-state index >= 15 is 0 Å². The van der Waals surface area contributed by atoms with E-state index in [0.717, 1.165) is 53.4 Å². The van der Waals surface area contributed by atoms with E-state index in [1.54, 1.807) is 11.3 Å². The zero-order valence-corrected chi connectivity index (χ0v) is 32.5. The molecule has 0 bridgehead atoms. The van der Waals surface area contributed by atoms with Gasteiger partial charge in [-0.2, -0.15) is 0 Å². The molecule has 1 radical (unpaired) electrons. The van der Waals surface area contributed by atoms with Gasteiger partial charge >= 0.3 is 0 Å². The number of ketones is 1. The molecule has 0 unspecified atom stereocenters. The van der Waals surface area contributed by atoms with Gasteiger partial charge in [-0.3, -0.25) is 14.8 Å². The summed E-state index contributed by atoms with van der Waals surface area (Å²) in [6.45, 7) is 18.9. The maximum absolute atomic E-state index is 12.2. The van der Waals surface area contributed by atoms with E-state index in [0.29, 0.717) is 0 Å². The number of aliphatic hydroxyl groups is 1. The fourth-order valence-corrected chi connectivity index (χ4v) is 6.43. The Balaban J connectivity index is 0.000000290. The van der Waals surface area contributed by atoms with Gasteiger partial charge in [0.2, 0.25) is 0 Å². The molecule has 4 nitrogen and oxygen atoms in total. The number of aromatic nitrogens is 2. The first-order chi connectivity index (χ1) is 21.8. The number of pyridine rings is 2. The van der Waals surface area contributed by atoms with Crippen molar-refractivity contribution in [2.75, 3.05) is 0 Å². The standard InChI is InChI=1S/C26H21N2S.C15H28O2.Ir/c1-26(2,3)21-14-19(13-17-7-4-5-8-20(17)21)22-15-18(10-12-28-22)25-16-23-24(29-25)9-6-11-27-23;1-7-14(5,8-2)12(16)11-13(17)15(6,9-3)10-4;/h4-12,14-16H,1-3H3;11,16H,7-10H2,1-6H3;/q-1;;/b;12-11-;. The minimum Gasteiger partial charge on any atom is -0.512 e. The predicted molar refractivity (Wildman–Crippen MR) is 196 cm³/mol. The minimum atomic E-state index is -0.337. The van der Waals surface area contributed by atoms with Crippen LogP contribution >= 0.6 is 11.3 Å². The topological polar surface area (TPSA) is 63.1 Å². The summed E-state index contributed by atoms with van der Waals surface area (Å²) < 4.78 is 1.20. The van der Waals surface area contributed by atoms with Crippen molar-refractivity contribution < 1.29 is 30.0 Å². The monoisotopic (exact) mass is 826 g/mol. The average molecular weight is 826 g/mol. The summed E-state index contributed by atoms with van der Waals surface area (Å²) in [5, 5.41) is 12.5. The van der Waals surface area contributed by atoms with Gasteiger partial charge in [-0.1, -0.05) is 97.5 Å². The molecule has 0 fully saturated rings. The number of fused-ring (bicyclic) bond motifs is 2. The van der Waals surface area contributed by atoms with Gasteiger partial charge in [-0.05, 0) is 60.9 Å². The average Bonchev–Trinajstić information content (AvgIpc) is 3.51. The maximum Gasteiger partial charge on any atom is 0.164 e. The van der Waals surface area contributed by atoms with Crippen molar-refractivity contribution >= 4 is 38.1 Å². The largest absolute Gasteiger partial charge is 0.512 e. The van der Waals surface area contributed by atoms with Crippen LogP contribution in [0.4, 0.5) is 0 Å². The van der Waals surface area contributed by atoms with Gasteiger partial charge in [0.25, 0.3) is 0 Å². The molecular formula is C41H49IrN2O2S-. The number of nitrogens with zero attached hydrogens (tertiary/aromatic N) is 2. The summed E-state index contributed by atoms with van der Waals surface area (Å²) in [5.41, 5.74) is 4.95. The molecule has 47 heavy (non-hydrogen) atoms. The minimum absolute atomic E-state index is 0. The van der Waals surface area contributed by atoms with Crippen LogP contribution in [0.25, 0.3) is 42.7 Å². The van der Waals surface area contributed by atoms with Crippen molar-refractivity contribution in [2.45, 2.75) is 93.4 Å². The van der Waals surface area contributed by atoms with Crippen LogP contribution in [-0.4, -0.2) is 20.9 Å². The first-order valence-electron chi connectivity index (χ1n) is 16.5. The summed E-state index contributed by atoms with van der Waals surface area (Å²) in [7, 11) is 0. The van der Waals surface area contributed by atoms with Crippen molar-refractivity contribution in [2.24, 2.45) is 10.8 Å². The number of aliphatic hydroxyl groups excluding tert-OH is 1. The SMILES string of the molecule is CC(C)(C)c1cc(-c2cc(-c3cc4ncccc4s3)ccn2)[c-]c2ccccc12.CCC(C)(CC)C(=O)/C=C(\O)C(C)(CC)CC.[Ir]. The Hall–Kier alpha value is -3.18. The summed E-state index contributed by atoms with van der Waals surface area (Å²) >= 11 is 1.76. The fraction of sp³-hybridized carbons (Fsp3) is 0.390. The Morgan fingerprint density at radius 1 is 0.830 bits per heavy atom. The van der Waals surface area contributed by atoms with Gasteiger partial charge in [0.15, 0.2) is 5.78 Å². The number of allylic oxidation sites excluding steroid dienone is 2. The van der Waals surface area contributed by atoms with Crippen molar-refractivity contribution in [1.29, 1.82) is 0 Å². The van der Waals surface area contributed by atoms with Crippen LogP contribution in [0.15, 0.2) is 84.9 Å². The molecule has 3 heterocycles. The Kier molecular flexibility index (Phi) is 12.9. The summed E-state index contributed by atoms with van der Waals surface area (Å²) in [5.74, 6) is 0.286. The van der Waals surface area contributed by atoms with Crippen LogP contribution in [0, 0.1) is 16.9 Å². The third kappa shape index (κ3) is 8.65. The van der Waals surface area contributed by atoms with Gasteiger partial charge in [0.05, 0.1) is 10.2 Å². The Morgan fingerprint density at radius 3 is 2.11 bits per heavy atom. The van der Waals surface area contributed by atoms with Crippen molar-refractivity contribution in [3.63, 3.8) is 0 Å². The smallest absolute Gasteiger partial charge is 0.164 e. The third-order valence-corrected chi connectivity index (χ3v) is 10.9. The van der Waals surface area contributed by atoms with Crippen LogP contribution in [0.2, 0.25) is 0 Å². The number of rotatable bonds is 9. The predicted octanol–water partition coefficient (Wildman–Crippen LogP) is 11.9. The molecule has 0 spiro atoms. The molecule has 0 aliphatic rings. The molecule has 5 rings (SSSR count). The molecule has 0 saturated carbocycles. The van der Waals surface area contributed by atoms with Crippen LogP contribution < -0.4 is 0 Å². The third-order valence-electron chi connectivity index (χ3n) is 9.79. The van der Waals surface area contributed by atoms with Gasteiger partial charge in [-0.25, -0.2) is 0 Å². The van der Waals surface area contributed by atoms with Crippen molar-refractivity contribution in [3.8, 4) is 21.7 Å². The summed E-state index contributed by atoms with van der Waals surface area (Å²) in [6.07, 6.45) is 8.49. The second-order valence-electron chi connectivity index (χ2n) is 13.7. The van der Waals surface area contributed by atoms with Crippen LogP contribution in [-0.2, 0) is 30.3 Å². The number of carbonyl (C=O) groups excluding carboxylic acids is 1. The van der Waals surface area contributed by atoms with Crippen LogP contribution in [0.1, 0.15) is 93.6 Å². The molecule has 0 amide bonds. The molecule has 3 aromatic heterocycles. The number of carbonyl (C=O) groups is 1. The molecule has 5 aromatic rings. The van der Waals surface area contributed by atoms with Gasteiger partial charge in [0, 0.05) is 60.0 Å². The van der Waals surface area contributed by atoms with E-state index in [1.165, 1.54) is 26.6 Å². The van der Waals surface area contributed by atoms with Gasteiger partial charge in [-0.15, -0.1) is 40.5 Å². The molecule has 0 aliphatic carbocycles. The van der Waals surface area contributed by atoms with E-state index in [9.17, 15) is 9.90 Å². The molecule has 0 saturated heterocycles. The summed E-state index contributed by atoms with van der Waals surface area (Å²) in [4.78, 5) is 22.5. The van der Waals surface area contributed by atoms with E-state index < -0.39 is 0 Å². The van der Waals surface area contributed by atoms with Crippen molar-refractivity contribution in [3.05, 3.63) is 96.5 Å². The van der Waals surface area contributed by atoms with E-state index in [2.05, 4.69) is 91.4 Å². The van der Waals surface area contributed by atoms with Gasteiger partial charge in [0.1, 0.15) is 5.76 Å². The molecule has 251 valence electrons. The molecule has 2 aromatic carbocycles. The zero-order chi connectivity index (χ0) is 33.7. The first kappa shape index (κ1) is 38.3. The van der Waals surface area contributed by atoms with E-state index in [-0.39, 0.29) is 47.9 Å². The van der Waals surface area contributed by atoms with Crippen molar-refractivity contribution in [1.82, 2.24) is 9.97 Å². The van der Waals surface area contributed by atoms with Crippen LogP contribution in [0.5, 0.6) is 0 Å². The molecule has 6 heteroatoms. The Bertz CT molecular complexity index is 1810. The number of thiophene rings is 1. The van der Waals surface area contributed by atoms with E-state index in [4.69, 9.17) is 0 Å². The maximum atomic E-state index is 12.2. The second-order valence-corrected chi connectivity index (χ2v) is 14.8. The normalized spacial score (nSPS) is 12.4. The second kappa shape index (κ2) is 15.8. The molecular weight excluding hydrogens is 777 g/mol. The van der Waals surface area contributed by atoms with Crippen LogP contribution in [0.3, 0.4) is 0 Å². The summed E-state index contributed by atoms with van der Waals surface area (Å²) in [6, 6.07) is 24.8. The molecule has 1 N–H and O–H groups in total. The molecule has 0 atom stereocenters. The first-order valence-corrected chi connectivity index (χ1v) is 17.3. The van der Waals surface area contributed by atoms with E-state index in [1.807, 2.05) is 60.0 Å². The zero-order valence-electron chi connectivity index (χ0n) is 29.3. The van der Waals surface area contributed by atoms with Gasteiger partial charge < -0.3 is 5.11 Å². The number of hydrogen-bond donors (Lipinski definition) is 1. The number of benzene rings is 2. The quantitative estimate of drug-likeness (QED) is 0.0913.